The first-order valence-corrected chi connectivity index (χ1v) is 11.0. The van der Waals surface area contributed by atoms with Gasteiger partial charge in [-0.15, -0.1) is 0 Å². The van der Waals surface area contributed by atoms with Crippen LogP contribution in [-0.4, -0.2) is 55.8 Å². The van der Waals surface area contributed by atoms with Crippen molar-refractivity contribution in [2.45, 2.75) is 24.3 Å². The van der Waals surface area contributed by atoms with Crippen molar-refractivity contribution >= 4 is 27.5 Å². The van der Waals surface area contributed by atoms with Gasteiger partial charge < -0.3 is 9.64 Å². The van der Waals surface area contributed by atoms with Crippen molar-refractivity contribution in [1.29, 1.82) is 0 Å². The molecule has 1 aliphatic heterocycles. The van der Waals surface area contributed by atoms with Gasteiger partial charge in [0, 0.05) is 31.2 Å². The molecule has 8 heteroatoms. The lowest BCUT2D eigenvalue weighted by molar-refractivity contribution is -0.140. The number of hydrogen-bond donors (Lipinski definition) is 0. The van der Waals surface area contributed by atoms with Gasteiger partial charge in [0.15, 0.2) is 6.10 Å². The van der Waals surface area contributed by atoms with Crippen LogP contribution in [0.25, 0.3) is 0 Å². The maximum Gasteiger partial charge on any atom is 0.263 e. The summed E-state index contributed by atoms with van der Waals surface area (Å²) in [7, 11) is -3.54. The minimum absolute atomic E-state index is 0.130. The lowest BCUT2D eigenvalue weighted by atomic mass is 10.2. The Labute approximate surface area is 170 Å². The Morgan fingerprint density at radius 3 is 2.21 bits per heavy atom. The maximum absolute atomic E-state index is 12.8. The van der Waals surface area contributed by atoms with Crippen molar-refractivity contribution in [3.63, 3.8) is 0 Å². The second kappa shape index (κ2) is 8.94. The van der Waals surface area contributed by atoms with Gasteiger partial charge in [0.2, 0.25) is 10.0 Å². The summed E-state index contributed by atoms with van der Waals surface area (Å²) >= 11 is 5.88. The van der Waals surface area contributed by atoms with E-state index in [4.69, 9.17) is 16.3 Å². The molecule has 150 valence electrons. The molecule has 1 aliphatic rings. The summed E-state index contributed by atoms with van der Waals surface area (Å²) in [6.45, 7) is 3.09. The quantitative estimate of drug-likeness (QED) is 0.717. The number of carbonyl (C=O) groups excluding carboxylic acids is 1. The van der Waals surface area contributed by atoms with Crippen molar-refractivity contribution < 1.29 is 17.9 Å². The smallest absolute Gasteiger partial charge is 0.263 e. The van der Waals surface area contributed by atoms with E-state index in [1.165, 1.54) is 4.31 Å². The number of nitrogens with zero attached hydrogens (tertiary/aromatic N) is 2. The molecule has 0 spiro atoms. The van der Waals surface area contributed by atoms with Crippen LogP contribution in [0, 0.1) is 0 Å². The predicted molar refractivity (Wildman–Crippen MR) is 108 cm³/mol. The third kappa shape index (κ3) is 4.66. The number of hydrogen-bond acceptors (Lipinski definition) is 4. The maximum atomic E-state index is 12.8. The number of carbonyl (C=O) groups is 1. The molecule has 1 saturated heterocycles. The summed E-state index contributed by atoms with van der Waals surface area (Å²) < 4.78 is 32.7. The number of piperazine rings is 1. The first-order chi connectivity index (χ1) is 13.4. The fourth-order valence-corrected chi connectivity index (χ4v) is 4.65. The van der Waals surface area contributed by atoms with E-state index >= 15 is 0 Å². The molecule has 0 saturated carbocycles. The predicted octanol–water partition coefficient (Wildman–Crippen LogP) is 3.03. The van der Waals surface area contributed by atoms with Gasteiger partial charge in [0.25, 0.3) is 5.91 Å². The number of ether oxygens (including phenoxy) is 1. The molecular weight excluding hydrogens is 400 g/mol. The van der Waals surface area contributed by atoms with Gasteiger partial charge in [-0.3, -0.25) is 4.79 Å². The van der Waals surface area contributed by atoms with E-state index in [1.807, 2.05) is 6.92 Å². The summed E-state index contributed by atoms with van der Waals surface area (Å²) in [5.41, 5.74) is 0. The largest absolute Gasteiger partial charge is 0.481 e. The Hall–Kier alpha value is -2.09. The van der Waals surface area contributed by atoms with Gasteiger partial charge in [-0.05, 0) is 42.8 Å². The van der Waals surface area contributed by atoms with E-state index in [0.717, 1.165) is 0 Å². The summed E-state index contributed by atoms with van der Waals surface area (Å²) in [5.74, 6) is 0.448. The van der Waals surface area contributed by atoms with E-state index in [9.17, 15) is 13.2 Å². The van der Waals surface area contributed by atoms with Crippen LogP contribution < -0.4 is 4.74 Å². The van der Waals surface area contributed by atoms with E-state index in [-0.39, 0.29) is 23.9 Å². The van der Waals surface area contributed by atoms with Crippen molar-refractivity contribution in [3.8, 4) is 5.75 Å². The van der Waals surface area contributed by atoms with Crippen LogP contribution in [0.15, 0.2) is 59.5 Å². The first-order valence-electron chi connectivity index (χ1n) is 9.18. The molecule has 2 aromatic rings. The van der Waals surface area contributed by atoms with Crippen LogP contribution in [0.3, 0.4) is 0 Å². The molecule has 0 aromatic heterocycles. The molecule has 2 aromatic carbocycles. The average molecular weight is 423 g/mol. The standard InChI is InChI=1S/C20H23ClN2O4S/c1-2-19(27-17-10-8-16(21)9-11-17)20(24)22-12-14-23(15-13-22)28(25,26)18-6-4-3-5-7-18/h3-11,19H,2,12-15H2,1H3. The molecule has 28 heavy (non-hydrogen) atoms. The molecule has 1 amide bonds. The lowest BCUT2D eigenvalue weighted by Gasteiger charge is -2.35. The lowest BCUT2D eigenvalue weighted by Crippen LogP contribution is -2.53. The zero-order valence-corrected chi connectivity index (χ0v) is 17.2. The highest BCUT2D eigenvalue weighted by atomic mass is 35.5. The number of rotatable bonds is 6. The number of amides is 1. The highest BCUT2D eigenvalue weighted by Crippen LogP contribution is 2.20. The average Bonchev–Trinajstić information content (AvgIpc) is 2.73. The van der Waals surface area contributed by atoms with Crippen LogP contribution in [0.2, 0.25) is 5.02 Å². The van der Waals surface area contributed by atoms with Gasteiger partial charge in [-0.1, -0.05) is 36.7 Å². The topological polar surface area (TPSA) is 66.9 Å². The van der Waals surface area contributed by atoms with Gasteiger partial charge in [0.05, 0.1) is 4.90 Å². The highest BCUT2D eigenvalue weighted by Gasteiger charge is 2.32. The molecule has 1 atom stereocenters. The fraction of sp³-hybridized carbons (Fsp3) is 0.350. The molecular formula is C20H23ClN2O4S. The Bertz CT molecular complexity index is 896. The minimum Gasteiger partial charge on any atom is -0.481 e. The zero-order valence-electron chi connectivity index (χ0n) is 15.6. The Morgan fingerprint density at radius 2 is 1.64 bits per heavy atom. The van der Waals surface area contributed by atoms with Crippen LogP contribution in [-0.2, 0) is 14.8 Å². The summed E-state index contributed by atoms with van der Waals surface area (Å²) in [6, 6.07) is 15.2. The van der Waals surface area contributed by atoms with E-state index in [1.54, 1.807) is 59.5 Å². The fourth-order valence-electron chi connectivity index (χ4n) is 3.08. The normalized spacial score (nSPS) is 16.6. The van der Waals surface area contributed by atoms with Crippen molar-refractivity contribution in [1.82, 2.24) is 9.21 Å². The van der Waals surface area contributed by atoms with Gasteiger partial charge >= 0.3 is 0 Å². The number of sulfonamides is 1. The van der Waals surface area contributed by atoms with Gasteiger partial charge in [-0.2, -0.15) is 4.31 Å². The molecule has 1 fully saturated rings. The van der Waals surface area contributed by atoms with E-state index < -0.39 is 16.1 Å². The van der Waals surface area contributed by atoms with E-state index in [2.05, 4.69) is 0 Å². The zero-order chi connectivity index (χ0) is 20.1. The molecule has 6 nitrogen and oxygen atoms in total. The second-order valence-electron chi connectivity index (χ2n) is 6.51. The minimum atomic E-state index is -3.54. The number of halogens is 1. The Morgan fingerprint density at radius 1 is 1.04 bits per heavy atom. The Balaban J connectivity index is 1.61. The SMILES string of the molecule is CCC(Oc1ccc(Cl)cc1)C(=O)N1CCN(S(=O)(=O)c2ccccc2)CC1. The van der Waals surface area contributed by atoms with Gasteiger partial charge in [0.1, 0.15) is 5.75 Å². The molecule has 0 aliphatic carbocycles. The van der Waals surface area contributed by atoms with Crippen LogP contribution in [0.4, 0.5) is 0 Å². The van der Waals surface area contributed by atoms with Crippen molar-refractivity contribution in [2.24, 2.45) is 0 Å². The van der Waals surface area contributed by atoms with Crippen LogP contribution >= 0.6 is 11.6 Å². The summed E-state index contributed by atoms with van der Waals surface area (Å²) in [4.78, 5) is 14.8. The molecule has 1 heterocycles. The monoisotopic (exact) mass is 422 g/mol. The molecule has 1 unspecified atom stereocenters. The third-order valence-electron chi connectivity index (χ3n) is 4.67. The second-order valence-corrected chi connectivity index (χ2v) is 8.89. The molecule has 0 N–H and O–H groups in total. The van der Waals surface area contributed by atoms with Gasteiger partial charge in [-0.25, -0.2) is 8.42 Å². The first kappa shape index (κ1) is 20.6. The van der Waals surface area contributed by atoms with Crippen LogP contribution in [0.1, 0.15) is 13.3 Å². The van der Waals surface area contributed by atoms with Crippen LogP contribution in [0.5, 0.6) is 5.75 Å². The molecule has 0 radical (unpaired) electrons. The van der Waals surface area contributed by atoms with Crippen molar-refractivity contribution in [2.75, 3.05) is 26.2 Å². The van der Waals surface area contributed by atoms with Crippen molar-refractivity contribution in [3.05, 3.63) is 59.6 Å². The third-order valence-corrected chi connectivity index (χ3v) is 6.83. The Kier molecular flexibility index (Phi) is 6.59. The summed E-state index contributed by atoms with van der Waals surface area (Å²) in [5, 5.41) is 0.600. The number of benzene rings is 2. The molecule has 3 rings (SSSR count). The summed E-state index contributed by atoms with van der Waals surface area (Å²) in [6.07, 6.45) is -0.0947. The van der Waals surface area contributed by atoms with E-state index in [0.29, 0.717) is 30.3 Å². The highest BCUT2D eigenvalue weighted by molar-refractivity contribution is 7.89. The molecule has 0 bridgehead atoms.